The van der Waals surface area contributed by atoms with E-state index in [2.05, 4.69) is 25.2 Å². The lowest BCUT2D eigenvalue weighted by atomic mass is 9.92. The van der Waals surface area contributed by atoms with E-state index in [1.165, 1.54) is 5.56 Å². The summed E-state index contributed by atoms with van der Waals surface area (Å²) in [5.41, 5.74) is 2.10. The van der Waals surface area contributed by atoms with E-state index >= 15 is 0 Å². The molecule has 0 aliphatic carbocycles. The predicted molar refractivity (Wildman–Crippen MR) is 90.6 cm³/mol. The molecule has 1 aromatic carbocycles. The number of hydrogen-bond acceptors (Lipinski definition) is 5. The molecule has 24 heavy (non-hydrogen) atoms. The van der Waals surface area contributed by atoms with Gasteiger partial charge in [0, 0.05) is 11.8 Å². The SMILES string of the molecule is Clc1ccccc1-c1noc(CN2CCC(c3cn[nH]c3)CC2)n1. The molecule has 7 heteroatoms. The zero-order valence-corrected chi connectivity index (χ0v) is 13.9. The largest absolute Gasteiger partial charge is 0.338 e. The van der Waals surface area contributed by atoms with E-state index in [0.29, 0.717) is 29.2 Å². The summed E-state index contributed by atoms with van der Waals surface area (Å²) in [7, 11) is 0. The Labute approximate surface area is 144 Å². The van der Waals surface area contributed by atoms with E-state index < -0.39 is 0 Å². The minimum absolute atomic E-state index is 0.545. The summed E-state index contributed by atoms with van der Waals surface area (Å²) < 4.78 is 5.40. The normalized spacial score (nSPS) is 16.5. The number of H-pyrrole nitrogens is 1. The highest BCUT2D eigenvalue weighted by Crippen LogP contribution is 2.28. The van der Waals surface area contributed by atoms with Gasteiger partial charge >= 0.3 is 0 Å². The second-order valence-electron chi connectivity index (χ2n) is 6.07. The summed E-state index contributed by atoms with van der Waals surface area (Å²) in [6, 6.07) is 7.52. The van der Waals surface area contributed by atoms with Crippen molar-refractivity contribution in [3.63, 3.8) is 0 Å². The van der Waals surface area contributed by atoms with Crippen LogP contribution in [0.3, 0.4) is 0 Å². The molecule has 3 heterocycles. The Kier molecular flexibility index (Phi) is 4.32. The number of halogens is 1. The van der Waals surface area contributed by atoms with Crippen molar-refractivity contribution in [2.45, 2.75) is 25.3 Å². The van der Waals surface area contributed by atoms with Gasteiger partial charge < -0.3 is 4.52 Å². The minimum Gasteiger partial charge on any atom is -0.338 e. The average molecular weight is 344 g/mol. The standard InChI is InChI=1S/C17H18ClN5O/c18-15-4-2-1-3-14(15)17-21-16(24-22-17)11-23-7-5-12(6-8-23)13-9-19-20-10-13/h1-4,9-10,12H,5-8,11H2,(H,19,20). The molecular weight excluding hydrogens is 326 g/mol. The number of likely N-dealkylation sites (tertiary alicyclic amines) is 1. The second kappa shape index (κ2) is 6.75. The van der Waals surface area contributed by atoms with E-state index in [9.17, 15) is 0 Å². The van der Waals surface area contributed by atoms with Gasteiger partial charge in [0.2, 0.25) is 11.7 Å². The minimum atomic E-state index is 0.545. The van der Waals surface area contributed by atoms with Gasteiger partial charge in [-0.2, -0.15) is 10.1 Å². The van der Waals surface area contributed by atoms with Crippen LogP contribution in [-0.4, -0.2) is 38.3 Å². The van der Waals surface area contributed by atoms with Crippen molar-refractivity contribution in [1.29, 1.82) is 0 Å². The highest BCUT2D eigenvalue weighted by atomic mass is 35.5. The number of hydrogen-bond donors (Lipinski definition) is 1. The smallest absolute Gasteiger partial charge is 0.241 e. The quantitative estimate of drug-likeness (QED) is 0.785. The van der Waals surface area contributed by atoms with Crippen molar-refractivity contribution in [3.05, 3.63) is 53.1 Å². The first-order valence-electron chi connectivity index (χ1n) is 8.08. The first-order valence-corrected chi connectivity index (χ1v) is 8.46. The number of nitrogens with one attached hydrogen (secondary N) is 1. The maximum absolute atomic E-state index is 6.19. The van der Waals surface area contributed by atoms with Crippen LogP contribution in [0.4, 0.5) is 0 Å². The molecule has 0 saturated carbocycles. The fourth-order valence-electron chi connectivity index (χ4n) is 3.17. The molecule has 0 atom stereocenters. The van der Waals surface area contributed by atoms with E-state index in [0.717, 1.165) is 31.5 Å². The third kappa shape index (κ3) is 3.20. The number of nitrogens with zero attached hydrogens (tertiary/aromatic N) is 4. The molecule has 0 amide bonds. The van der Waals surface area contributed by atoms with Gasteiger partial charge in [0.05, 0.1) is 17.8 Å². The Morgan fingerprint density at radius 2 is 2.08 bits per heavy atom. The van der Waals surface area contributed by atoms with E-state index in [4.69, 9.17) is 16.1 Å². The zero-order chi connectivity index (χ0) is 16.4. The van der Waals surface area contributed by atoms with Crippen LogP contribution in [0.2, 0.25) is 5.02 Å². The fraction of sp³-hybridized carbons (Fsp3) is 0.353. The Morgan fingerprint density at radius 3 is 2.83 bits per heavy atom. The van der Waals surface area contributed by atoms with Gasteiger partial charge in [0.1, 0.15) is 0 Å². The molecule has 1 fully saturated rings. The average Bonchev–Trinajstić information content (AvgIpc) is 3.28. The summed E-state index contributed by atoms with van der Waals surface area (Å²) in [4.78, 5) is 6.83. The Bertz CT molecular complexity index is 793. The van der Waals surface area contributed by atoms with Gasteiger partial charge in [-0.25, -0.2) is 0 Å². The molecule has 0 radical (unpaired) electrons. The van der Waals surface area contributed by atoms with E-state index in [1.54, 1.807) is 0 Å². The van der Waals surface area contributed by atoms with Crippen LogP contribution in [0.5, 0.6) is 0 Å². The van der Waals surface area contributed by atoms with Crippen molar-refractivity contribution in [2.75, 3.05) is 13.1 Å². The third-order valence-electron chi connectivity index (χ3n) is 4.52. The van der Waals surface area contributed by atoms with Crippen LogP contribution in [0.1, 0.15) is 30.2 Å². The number of benzene rings is 1. The van der Waals surface area contributed by atoms with E-state index in [1.807, 2.05) is 36.7 Å². The van der Waals surface area contributed by atoms with Gasteiger partial charge in [0.15, 0.2) is 0 Å². The molecule has 4 rings (SSSR count). The van der Waals surface area contributed by atoms with Crippen LogP contribution in [0, 0.1) is 0 Å². The van der Waals surface area contributed by atoms with Crippen LogP contribution >= 0.6 is 11.6 Å². The van der Waals surface area contributed by atoms with Crippen LogP contribution in [-0.2, 0) is 6.54 Å². The highest BCUT2D eigenvalue weighted by molar-refractivity contribution is 6.33. The topological polar surface area (TPSA) is 70.8 Å². The molecule has 0 unspecified atom stereocenters. The predicted octanol–water partition coefficient (Wildman–Crippen LogP) is 3.49. The molecule has 0 bridgehead atoms. The molecular formula is C17H18ClN5O. The zero-order valence-electron chi connectivity index (χ0n) is 13.2. The summed E-state index contributed by atoms with van der Waals surface area (Å²) in [6.07, 6.45) is 6.15. The maximum atomic E-state index is 6.19. The fourth-order valence-corrected chi connectivity index (χ4v) is 3.39. The van der Waals surface area contributed by atoms with Gasteiger partial charge in [-0.15, -0.1) is 0 Å². The Morgan fingerprint density at radius 1 is 1.25 bits per heavy atom. The first kappa shape index (κ1) is 15.4. The molecule has 1 saturated heterocycles. The van der Waals surface area contributed by atoms with Crippen molar-refractivity contribution in [1.82, 2.24) is 25.2 Å². The van der Waals surface area contributed by atoms with Crippen LogP contribution < -0.4 is 0 Å². The molecule has 0 spiro atoms. The second-order valence-corrected chi connectivity index (χ2v) is 6.48. The summed E-state index contributed by atoms with van der Waals surface area (Å²) >= 11 is 6.19. The highest BCUT2D eigenvalue weighted by Gasteiger charge is 2.23. The molecule has 1 N–H and O–H groups in total. The Hall–Kier alpha value is -2.18. The van der Waals surface area contributed by atoms with Crippen molar-refractivity contribution in [3.8, 4) is 11.4 Å². The number of aromatic nitrogens is 4. The Balaban J connectivity index is 1.38. The number of rotatable bonds is 4. The third-order valence-corrected chi connectivity index (χ3v) is 4.85. The van der Waals surface area contributed by atoms with Gasteiger partial charge in [0.25, 0.3) is 0 Å². The van der Waals surface area contributed by atoms with Crippen LogP contribution in [0.25, 0.3) is 11.4 Å². The lowest BCUT2D eigenvalue weighted by Crippen LogP contribution is -2.32. The van der Waals surface area contributed by atoms with Crippen LogP contribution in [0.15, 0.2) is 41.2 Å². The van der Waals surface area contributed by atoms with Crippen molar-refractivity contribution >= 4 is 11.6 Å². The lowest BCUT2D eigenvalue weighted by molar-refractivity contribution is 0.181. The van der Waals surface area contributed by atoms with Gasteiger partial charge in [-0.1, -0.05) is 28.9 Å². The number of piperidine rings is 1. The first-order chi connectivity index (χ1) is 11.8. The summed E-state index contributed by atoms with van der Waals surface area (Å²) in [5, 5.41) is 11.6. The van der Waals surface area contributed by atoms with Crippen molar-refractivity contribution < 1.29 is 4.52 Å². The van der Waals surface area contributed by atoms with Gasteiger partial charge in [-0.3, -0.25) is 10.00 Å². The summed E-state index contributed by atoms with van der Waals surface area (Å²) in [6.45, 7) is 2.70. The molecule has 3 aromatic rings. The number of aromatic amines is 1. The lowest BCUT2D eigenvalue weighted by Gasteiger charge is -2.30. The van der Waals surface area contributed by atoms with Crippen molar-refractivity contribution in [2.24, 2.45) is 0 Å². The molecule has 1 aliphatic rings. The van der Waals surface area contributed by atoms with Gasteiger partial charge in [-0.05, 0) is 49.5 Å². The summed E-state index contributed by atoms with van der Waals surface area (Å²) in [5.74, 6) is 1.76. The van der Waals surface area contributed by atoms with E-state index in [-0.39, 0.29) is 0 Å². The molecule has 2 aromatic heterocycles. The molecule has 1 aliphatic heterocycles. The molecule has 6 nitrogen and oxygen atoms in total. The maximum Gasteiger partial charge on any atom is 0.241 e. The molecule has 124 valence electrons. The monoisotopic (exact) mass is 343 g/mol.